The van der Waals surface area contributed by atoms with E-state index in [2.05, 4.69) is 5.32 Å². The summed E-state index contributed by atoms with van der Waals surface area (Å²) in [7, 11) is 0. The van der Waals surface area contributed by atoms with Crippen LogP contribution in [-0.4, -0.2) is 24.6 Å². The minimum Gasteiger partial charge on any atom is -0.491 e. The third kappa shape index (κ3) is 5.10. The predicted molar refractivity (Wildman–Crippen MR) is 79.9 cm³/mol. The maximum atomic E-state index is 11.9. The lowest BCUT2D eigenvalue weighted by molar-refractivity contribution is 0.0635. The van der Waals surface area contributed by atoms with E-state index in [0.717, 1.165) is 6.29 Å². The minimum atomic E-state index is -0.582. The number of aldehydes is 1. The molecular weight excluding hydrogens is 270 g/mol. The predicted octanol–water partition coefficient (Wildman–Crippen LogP) is 3.63. The molecule has 0 saturated heterocycles. The number of amides is 1. The van der Waals surface area contributed by atoms with Gasteiger partial charge in [0.2, 0.25) is 0 Å². The molecule has 0 unspecified atom stereocenters. The zero-order chi connectivity index (χ0) is 15.5. The normalized spacial score (nSPS) is 14.4. The monoisotopic (exact) mass is 291 g/mol. The lowest BCUT2D eigenvalue weighted by Gasteiger charge is -2.20. The Labute approximate surface area is 124 Å². The maximum absolute atomic E-state index is 11.9. The molecule has 0 aliphatic heterocycles. The topological polar surface area (TPSA) is 64.6 Å². The molecule has 5 nitrogen and oxygen atoms in total. The van der Waals surface area contributed by atoms with Crippen LogP contribution < -0.4 is 10.1 Å². The number of nitrogens with one attached hydrogen (secondary N) is 1. The summed E-state index contributed by atoms with van der Waals surface area (Å²) in [6.07, 6.45) is 2.52. The van der Waals surface area contributed by atoms with E-state index in [9.17, 15) is 9.59 Å². The summed E-state index contributed by atoms with van der Waals surface area (Å²) in [6, 6.07) is 4.94. The fourth-order valence-corrected chi connectivity index (χ4v) is 1.75. The largest absolute Gasteiger partial charge is 0.491 e. The summed E-state index contributed by atoms with van der Waals surface area (Å²) in [5.41, 5.74) is 0.343. The molecule has 1 N–H and O–H groups in total. The number of rotatable bonds is 5. The van der Waals surface area contributed by atoms with Crippen LogP contribution in [0.25, 0.3) is 0 Å². The van der Waals surface area contributed by atoms with E-state index in [1.807, 2.05) is 0 Å². The van der Waals surface area contributed by atoms with Gasteiger partial charge in [0.1, 0.15) is 17.6 Å². The Balaban J connectivity index is 2.09. The molecule has 21 heavy (non-hydrogen) atoms. The quantitative estimate of drug-likeness (QED) is 0.841. The van der Waals surface area contributed by atoms with Crippen LogP contribution >= 0.6 is 0 Å². The standard InChI is InChI=1S/C16H21NO4/c1-16(2,3)21-15(19)17-13-8-12(9-18)6-7-14(13)20-10-11-4-5-11/h6-9,11H,4-5,10H2,1-3H3,(H,17,19). The Morgan fingerprint density at radius 2 is 2.10 bits per heavy atom. The van der Waals surface area contributed by atoms with E-state index in [4.69, 9.17) is 9.47 Å². The Bertz CT molecular complexity index is 530. The van der Waals surface area contributed by atoms with Gasteiger partial charge >= 0.3 is 6.09 Å². The van der Waals surface area contributed by atoms with Gasteiger partial charge in [-0.3, -0.25) is 10.1 Å². The van der Waals surface area contributed by atoms with Gasteiger partial charge < -0.3 is 9.47 Å². The number of hydrogen-bond donors (Lipinski definition) is 1. The molecule has 2 rings (SSSR count). The van der Waals surface area contributed by atoms with E-state index in [1.165, 1.54) is 12.8 Å². The van der Waals surface area contributed by atoms with Gasteiger partial charge in [0.05, 0.1) is 12.3 Å². The number of ether oxygens (including phenoxy) is 2. The number of hydrogen-bond acceptors (Lipinski definition) is 4. The van der Waals surface area contributed by atoms with Crippen LogP contribution in [0.1, 0.15) is 44.0 Å². The number of benzene rings is 1. The third-order valence-electron chi connectivity index (χ3n) is 2.95. The molecular formula is C16H21NO4. The van der Waals surface area contributed by atoms with Crippen LogP contribution in [0, 0.1) is 5.92 Å². The average molecular weight is 291 g/mol. The Morgan fingerprint density at radius 1 is 1.38 bits per heavy atom. The SMILES string of the molecule is CC(C)(C)OC(=O)Nc1cc(C=O)ccc1OCC1CC1. The molecule has 0 atom stereocenters. The smallest absolute Gasteiger partial charge is 0.412 e. The van der Waals surface area contributed by atoms with E-state index in [0.29, 0.717) is 29.5 Å². The highest BCUT2D eigenvalue weighted by Crippen LogP contribution is 2.32. The van der Waals surface area contributed by atoms with Crippen LogP contribution in [0.2, 0.25) is 0 Å². The molecule has 0 radical (unpaired) electrons. The van der Waals surface area contributed by atoms with E-state index in [-0.39, 0.29) is 0 Å². The first kappa shape index (κ1) is 15.4. The Hall–Kier alpha value is -2.04. The number of carbonyl (C=O) groups is 2. The van der Waals surface area contributed by atoms with Crippen molar-refractivity contribution in [1.29, 1.82) is 0 Å². The molecule has 1 aromatic carbocycles. The molecule has 0 bridgehead atoms. The van der Waals surface area contributed by atoms with E-state index in [1.54, 1.807) is 39.0 Å². The van der Waals surface area contributed by atoms with Gasteiger partial charge in [0, 0.05) is 5.56 Å². The van der Waals surface area contributed by atoms with Crippen LogP contribution in [0.4, 0.5) is 10.5 Å². The highest BCUT2D eigenvalue weighted by molar-refractivity contribution is 5.89. The van der Waals surface area contributed by atoms with Crippen molar-refractivity contribution in [2.75, 3.05) is 11.9 Å². The number of anilines is 1. The third-order valence-corrected chi connectivity index (χ3v) is 2.95. The summed E-state index contributed by atoms with van der Waals surface area (Å²) in [4.78, 5) is 22.7. The average Bonchev–Trinajstić information content (AvgIpc) is 3.18. The molecule has 1 aliphatic carbocycles. The Kier molecular flexibility index (Phi) is 4.50. The molecule has 0 heterocycles. The highest BCUT2D eigenvalue weighted by atomic mass is 16.6. The second kappa shape index (κ2) is 6.16. The lowest BCUT2D eigenvalue weighted by Crippen LogP contribution is -2.27. The fourth-order valence-electron chi connectivity index (χ4n) is 1.75. The number of carbonyl (C=O) groups excluding carboxylic acids is 2. The zero-order valence-corrected chi connectivity index (χ0v) is 12.6. The fraction of sp³-hybridized carbons (Fsp3) is 0.500. The van der Waals surface area contributed by atoms with Gasteiger partial charge in [-0.1, -0.05) is 0 Å². The second-order valence-corrected chi connectivity index (χ2v) is 6.25. The van der Waals surface area contributed by atoms with E-state index < -0.39 is 11.7 Å². The zero-order valence-electron chi connectivity index (χ0n) is 12.6. The van der Waals surface area contributed by atoms with Gasteiger partial charge in [0.25, 0.3) is 0 Å². The van der Waals surface area contributed by atoms with Gasteiger partial charge in [-0.25, -0.2) is 4.79 Å². The molecule has 5 heteroatoms. The van der Waals surface area contributed by atoms with Crippen molar-refractivity contribution in [3.63, 3.8) is 0 Å². The second-order valence-electron chi connectivity index (χ2n) is 6.25. The molecule has 1 aliphatic rings. The molecule has 1 fully saturated rings. The summed E-state index contributed by atoms with van der Waals surface area (Å²) >= 11 is 0. The summed E-state index contributed by atoms with van der Waals surface area (Å²) in [5, 5.41) is 2.64. The van der Waals surface area contributed by atoms with Crippen LogP contribution in [0.5, 0.6) is 5.75 Å². The van der Waals surface area contributed by atoms with Crippen molar-refractivity contribution in [3.8, 4) is 5.75 Å². The van der Waals surface area contributed by atoms with Crippen molar-refractivity contribution in [1.82, 2.24) is 0 Å². The molecule has 0 aromatic heterocycles. The molecule has 0 spiro atoms. The summed E-state index contributed by atoms with van der Waals surface area (Å²) < 4.78 is 10.9. The molecule has 1 saturated carbocycles. The molecule has 1 aromatic rings. The first-order chi connectivity index (χ1) is 9.87. The van der Waals surface area contributed by atoms with Crippen molar-refractivity contribution >= 4 is 18.1 Å². The maximum Gasteiger partial charge on any atom is 0.412 e. The van der Waals surface area contributed by atoms with E-state index >= 15 is 0 Å². The Morgan fingerprint density at radius 3 is 2.67 bits per heavy atom. The molecule has 1 amide bonds. The summed E-state index contributed by atoms with van der Waals surface area (Å²) in [6.45, 7) is 6.00. The summed E-state index contributed by atoms with van der Waals surface area (Å²) in [5.74, 6) is 1.16. The van der Waals surface area contributed by atoms with Gasteiger partial charge in [-0.05, 0) is 57.7 Å². The minimum absolute atomic E-state index is 0.453. The van der Waals surface area contributed by atoms with Crippen LogP contribution in [-0.2, 0) is 4.74 Å². The first-order valence-corrected chi connectivity index (χ1v) is 7.09. The van der Waals surface area contributed by atoms with Crippen LogP contribution in [0.15, 0.2) is 18.2 Å². The van der Waals surface area contributed by atoms with Gasteiger partial charge in [-0.2, -0.15) is 0 Å². The van der Waals surface area contributed by atoms with Gasteiger partial charge in [0.15, 0.2) is 0 Å². The van der Waals surface area contributed by atoms with Crippen molar-refractivity contribution in [3.05, 3.63) is 23.8 Å². The van der Waals surface area contributed by atoms with Gasteiger partial charge in [-0.15, -0.1) is 0 Å². The van der Waals surface area contributed by atoms with Crippen molar-refractivity contribution in [2.45, 2.75) is 39.2 Å². The van der Waals surface area contributed by atoms with Crippen molar-refractivity contribution < 1.29 is 19.1 Å². The highest BCUT2D eigenvalue weighted by Gasteiger charge is 2.23. The van der Waals surface area contributed by atoms with Crippen molar-refractivity contribution in [2.24, 2.45) is 5.92 Å². The first-order valence-electron chi connectivity index (χ1n) is 7.09. The lowest BCUT2D eigenvalue weighted by atomic mass is 10.2. The molecule has 114 valence electrons. The van der Waals surface area contributed by atoms with Crippen LogP contribution in [0.3, 0.4) is 0 Å².